The van der Waals surface area contributed by atoms with Gasteiger partial charge in [0.2, 0.25) is 0 Å². The third-order valence-corrected chi connectivity index (χ3v) is 1.48. The molecule has 0 spiro atoms. The summed E-state index contributed by atoms with van der Waals surface area (Å²) in [6.45, 7) is 0. The van der Waals surface area contributed by atoms with Crippen LogP contribution in [0.25, 0.3) is 0 Å². The van der Waals surface area contributed by atoms with E-state index in [0.717, 1.165) is 0 Å². The van der Waals surface area contributed by atoms with Crippen molar-refractivity contribution >= 4 is 17.1 Å². The summed E-state index contributed by atoms with van der Waals surface area (Å²) in [5, 5.41) is 14.2. The fraction of sp³-hybridized carbons (Fsp3) is 0.250. The Labute approximate surface area is 86.5 Å². The Morgan fingerprint density at radius 1 is 1.07 bits per heavy atom. The van der Waals surface area contributed by atoms with Crippen molar-refractivity contribution in [1.82, 2.24) is 0 Å². The molecular formula is C8H11N5O2. The molecular weight excluding hydrogens is 198 g/mol. The molecule has 7 heteroatoms. The zero-order valence-corrected chi connectivity index (χ0v) is 8.41. The van der Waals surface area contributed by atoms with E-state index in [0.29, 0.717) is 17.1 Å². The van der Waals surface area contributed by atoms with Crippen LogP contribution in [-0.4, -0.2) is 14.2 Å². The zero-order valence-electron chi connectivity index (χ0n) is 8.41. The van der Waals surface area contributed by atoms with Crippen molar-refractivity contribution in [2.75, 3.05) is 20.0 Å². The summed E-state index contributed by atoms with van der Waals surface area (Å²) < 4.78 is 0. The first-order chi connectivity index (χ1) is 7.27. The van der Waals surface area contributed by atoms with Gasteiger partial charge in [0.15, 0.2) is 0 Å². The minimum absolute atomic E-state index is 0.434. The first-order valence-electron chi connectivity index (χ1n) is 4.06. The molecule has 0 bridgehead atoms. The van der Waals surface area contributed by atoms with Crippen LogP contribution in [0.2, 0.25) is 0 Å². The number of hydrogen-bond donors (Lipinski definition) is 1. The molecule has 0 radical (unpaired) electrons. The van der Waals surface area contributed by atoms with Gasteiger partial charge in [-0.2, -0.15) is 0 Å². The lowest BCUT2D eigenvalue weighted by atomic mass is 10.2. The summed E-state index contributed by atoms with van der Waals surface area (Å²) in [5.41, 5.74) is 7.20. The van der Waals surface area contributed by atoms with Gasteiger partial charge in [0.05, 0.1) is 11.4 Å². The lowest BCUT2D eigenvalue weighted by Gasteiger charge is -1.98. The molecule has 0 aliphatic carbocycles. The molecule has 0 fully saturated rings. The van der Waals surface area contributed by atoms with Gasteiger partial charge in [0.1, 0.15) is 19.9 Å². The highest BCUT2D eigenvalue weighted by atomic mass is 16.6. The number of benzene rings is 1. The summed E-state index contributed by atoms with van der Waals surface area (Å²) in [5.74, 6) is 0. The topological polar surface area (TPSA) is 93.9 Å². The second kappa shape index (κ2) is 5.53. The molecule has 0 unspecified atom stereocenters. The van der Waals surface area contributed by atoms with E-state index in [2.05, 4.69) is 30.5 Å². The number of nitrogens with two attached hydrogens (primary N) is 1. The van der Waals surface area contributed by atoms with Crippen LogP contribution in [0, 0.1) is 0 Å². The van der Waals surface area contributed by atoms with Crippen molar-refractivity contribution in [2.24, 2.45) is 20.8 Å². The second-order valence-electron chi connectivity index (χ2n) is 2.47. The minimum atomic E-state index is 0.434. The second-order valence-corrected chi connectivity index (χ2v) is 2.47. The van der Waals surface area contributed by atoms with E-state index in [-0.39, 0.29) is 0 Å². The van der Waals surface area contributed by atoms with E-state index in [9.17, 15) is 0 Å². The van der Waals surface area contributed by atoms with Gasteiger partial charge >= 0.3 is 0 Å². The maximum Gasteiger partial charge on any atom is 0.112 e. The molecule has 0 atom stereocenters. The van der Waals surface area contributed by atoms with Crippen molar-refractivity contribution in [3.63, 3.8) is 0 Å². The van der Waals surface area contributed by atoms with E-state index in [4.69, 9.17) is 5.73 Å². The Hall–Kier alpha value is -2.18. The van der Waals surface area contributed by atoms with Crippen LogP contribution in [0.4, 0.5) is 17.1 Å². The van der Waals surface area contributed by atoms with Gasteiger partial charge in [-0.1, -0.05) is 0 Å². The van der Waals surface area contributed by atoms with E-state index in [1.165, 1.54) is 14.2 Å². The van der Waals surface area contributed by atoms with Crippen LogP contribution in [0.5, 0.6) is 0 Å². The summed E-state index contributed by atoms with van der Waals surface area (Å²) in [7, 11) is 2.81. The number of nitrogen functional groups attached to an aromatic ring is 1. The van der Waals surface area contributed by atoms with Gasteiger partial charge in [0.25, 0.3) is 0 Å². The quantitative estimate of drug-likeness (QED) is 0.469. The first kappa shape index (κ1) is 10.9. The van der Waals surface area contributed by atoms with Crippen LogP contribution < -0.4 is 5.73 Å². The normalized spacial score (nSPS) is 11.1. The SMILES string of the molecule is CON=Nc1ccc(N=NOC)c(N)c1. The van der Waals surface area contributed by atoms with E-state index >= 15 is 0 Å². The van der Waals surface area contributed by atoms with Gasteiger partial charge in [-0.05, 0) is 18.2 Å². The third kappa shape index (κ3) is 3.22. The zero-order chi connectivity index (χ0) is 11.1. The van der Waals surface area contributed by atoms with Gasteiger partial charge in [-0.15, -0.1) is 10.2 Å². The Morgan fingerprint density at radius 3 is 2.33 bits per heavy atom. The molecule has 7 nitrogen and oxygen atoms in total. The molecule has 0 aromatic heterocycles. The predicted octanol–water partition coefficient (Wildman–Crippen LogP) is 2.56. The predicted molar refractivity (Wildman–Crippen MR) is 53.9 cm³/mol. The summed E-state index contributed by atoms with van der Waals surface area (Å²) in [6.07, 6.45) is 0. The van der Waals surface area contributed by atoms with Crippen molar-refractivity contribution in [2.45, 2.75) is 0 Å². The van der Waals surface area contributed by atoms with Crippen LogP contribution >= 0.6 is 0 Å². The molecule has 0 heterocycles. The van der Waals surface area contributed by atoms with Gasteiger partial charge in [-0.25, -0.2) is 0 Å². The van der Waals surface area contributed by atoms with Crippen LogP contribution in [0.3, 0.4) is 0 Å². The average Bonchev–Trinajstić information content (AvgIpc) is 2.25. The molecule has 0 aliphatic heterocycles. The van der Waals surface area contributed by atoms with Gasteiger partial charge in [-0.3, -0.25) is 0 Å². The maximum atomic E-state index is 5.68. The smallest absolute Gasteiger partial charge is 0.112 e. The van der Waals surface area contributed by atoms with Crippen LogP contribution in [-0.2, 0) is 9.68 Å². The molecule has 15 heavy (non-hydrogen) atoms. The summed E-state index contributed by atoms with van der Waals surface area (Å²) in [4.78, 5) is 8.87. The Bertz CT molecular complexity index is 377. The van der Waals surface area contributed by atoms with Crippen molar-refractivity contribution in [3.8, 4) is 0 Å². The number of anilines is 1. The fourth-order valence-electron chi connectivity index (χ4n) is 0.868. The van der Waals surface area contributed by atoms with E-state index in [1.807, 2.05) is 0 Å². The molecule has 0 saturated heterocycles. The summed E-state index contributed by atoms with van der Waals surface area (Å²) in [6, 6.07) is 4.94. The van der Waals surface area contributed by atoms with E-state index < -0.39 is 0 Å². The fourth-order valence-corrected chi connectivity index (χ4v) is 0.868. The van der Waals surface area contributed by atoms with Crippen molar-refractivity contribution in [3.05, 3.63) is 18.2 Å². The first-order valence-corrected chi connectivity index (χ1v) is 4.06. The Balaban J connectivity index is 2.88. The number of rotatable bonds is 4. The van der Waals surface area contributed by atoms with Crippen LogP contribution in [0.1, 0.15) is 0 Å². The molecule has 0 amide bonds. The minimum Gasteiger partial charge on any atom is -0.397 e. The van der Waals surface area contributed by atoms with Crippen molar-refractivity contribution in [1.29, 1.82) is 0 Å². The van der Waals surface area contributed by atoms with Gasteiger partial charge in [0, 0.05) is 10.6 Å². The molecule has 80 valence electrons. The molecule has 1 aromatic carbocycles. The molecule has 0 aliphatic rings. The summed E-state index contributed by atoms with van der Waals surface area (Å²) >= 11 is 0. The standard InChI is InChI=1S/C8H11N5O2/c1-14-12-10-6-3-4-8(7(9)5-6)11-13-15-2/h3-5H,9H2,1-2H3. The van der Waals surface area contributed by atoms with Crippen molar-refractivity contribution < 1.29 is 9.68 Å². The Kier molecular flexibility index (Phi) is 4.02. The van der Waals surface area contributed by atoms with E-state index in [1.54, 1.807) is 18.2 Å². The number of hydrogen-bond acceptors (Lipinski definition) is 7. The molecule has 1 aromatic rings. The lowest BCUT2D eigenvalue weighted by Crippen LogP contribution is -1.84. The largest absolute Gasteiger partial charge is 0.397 e. The maximum absolute atomic E-state index is 5.68. The van der Waals surface area contributed by atoms with Crippen LogP contribution in [0.15, 0.2) is 39.0 Å². The molecule has 0 saturated carbocycles. The molecule has 2 N–H and O–H groups in total. The highest BCUT2D eigenvalue weighted by Crippen LogP contribution is 2.27. The van der Waals surface area contributed by atoms with Gasteiger partial charge < -0.3 is 15.4 Å². The highest BCUT2D eigenvalue weighted by molar-refractivity contribution is 5.66. The monoisotopic (exact) mass is 209 g/mol. The lowest BCUT2D eigenvalue weighted by molar-refractivity contribution is 0.190. The third-order valence-electron chi connectivity index (χ3n) is 1.48. The highest BCUT2D eigenvalue weighted by Gasteiger charge is 1.99. The molecule has 1 rings (SSSR count). The Morgan fingerprint density at radius 2 is 1.73 bits per heavy atom. The average molecular weight is 209 g/mol. The number of nitrogens with zero attached hydrogens (tertiary/aromatic N) is 4.